The molecule has 0 bridgehead atoms. The number of methoxy groups -OCH3 is 1. The number of nitrogens with zero attached hydrogens (tertiary/aromatic N) is 3. The molecule has 0 saturated carbocycles. The molecule has 0 aromatic heterocycles. The molecule has 1 heterocycles. The van der Waals surface area contributed by atoms with Crippen LogP contribution < -0.4 is 5.32 Å². The molecule has 0 radical (unpaired) electrons. The van der Waals surface area contributed by atoms with E-state index in [0.717, 1.165) is 71.2 Å². The minimum absolute atomic E-state index is 0.338. The average molecular weight is 405 g/mol. The van der Waals surface area contributed by atoms with Crippen molar-refractivity contribution in [1.29, 1.82) is 0 Å². The Morgan fingerprint density at radius 1 is 1.17 bits per heavy atom. The quantitative estimate of drug-likeness (QED) is 0.349. The van der Waals surface area contributed by atoms with Gasteiger partial charge in [-0.1, -0.05) is 44.2 Å². The molecule has 2 rings (SSSR count). The summed E-state index contributed by atoms with van der Waals surface area (Å²) in [5.41, 5.74) is 1.35. The zero-order valence-corrected chi connectivity index (χ0v) is 18.8. The number of piperidine rings is 1. The lowest BCUT2D eigenvalue weighted by Crippen LogP contribution is -2.49. The van der Waals surface area contributed by atoms with E-state index in [9.17, 15) is 0 Å². The largest absolute Gasteiger partial charge is 0.385 e. The van der Waals surface area contributed by atoms with Crippen molar-refractivity contribution in [3.8, 4) is 0 Å². The molecule has 1 N–H and O–H groups in total. The predicted octanol–water partition coefficient (Wildman–Crippen LogP) is 3.16. The molecule has 0 amide bonds. The van der Waals surface area contributed by atoms with Gasteiger partial charge in [-0.15, -0.1) is 0 Å². The van der Waals surface area contributed by atoms with Crippen LogP contribution in [0.5, 0.6) is 0 Å². The molecule has 1 unspecified atom stereocenters. The maximum Gasteiger partial charge on any atom is 0.193 e. The molecule has 1 aromatic carbocycles. The third kappa shape index (κ3) is 7.61. The average Bonchev–Trinajstić information content (AvgIpc) is 2.78. The van der Waals surface area contributed by atoms with Crippen LogP contribution in [0, 0.1) is 0 Å². The van der Waals surface area contributed by atoms with Gasteiger partial charge in [0.05, 0.1) is 12.1 Å². The van der Waals surface area contributed by atoms with Gasteiger partial charge in [0.25, 0.3) is 0 Å². The van der Waals surface area contributed by atoms with Crippen LogP contribution in [0.4, 0.5) is 0 Å². The summed E-state index contributed by atoms with van der Waals surface area (Å²) in [5, 5.41) is 3.64. The molecule has 1 atom stereocenters. The van der Waals surface area contributed by atoms with E-state index in [2.05, 4.69) is 64.3 Å². The molecule has 0 aliphatic carbocycles. The fraction of sp³-hybridized carbons (Fsp3) is 0.696. The van der Waals surface area contributed by atoms with Gasteiger partial charge in [0.15, 0.2) is 5.96 Å². The van der Waals surface area contributed by atoms with Crippen LogP contribution in [-0.4, -0.2) is 82.0 Å². The van der Waals surface area contributed by atoms with E-state index < -0.39 is 0 Å². The Balaban J connectivity index is 1.87. The van der Waals surface area contributed by atoms with Crippen molar-refractivity contribution in [3.05, 3.63) is 35.9 Å². The third-order valence-corrected chi connectivity index (χ3v) is 5.69. The van der Waals surface area contributed by atoms with Crippen molar-refractivity contribution in [2.75, 3.05) is 60.1 Å². The fourth-order valence-corrected chi connectivity index (χ4v) is 4.01. The van der Waals surface area contributed by atoms with Crippen molar-refractivity contribution >= 4 is 5.96 Å². The Hall–Kier alpha value is -1.63. The van der Waals surface area contributed by atoms with Crippen LogP contribution in [0.3, 0.4) is 0 Å². The van der Waals surface area contributed by atoms with E-state index in [4.69, 9.17) is 9.47 Å². The molecular formula is C23H40N4O2. The number of guanidine groups is 1. The summed E-state index contributed by atoms with van der Waals surface area (Å²) in [6.45, 7) is 10.9. The normalized spacial score (nSPS) is 17.0. The lowest BCUT2D eigenvalue weighted by atomic mass is 10.0. The highest BCUT2D eigenvalue weighted by atomic mass is 16.5. The van der Waals surface area contributed by atoms with Crippen LogP contribution in [0.25, 0.3) is 0 Å². The molecule has 1 aromatic rings. The minimum atomic E-state index is 0.338. The smallest absolute Gasteiger partial charge is 0.193 e. The first-order valence-corrected chi connectivity index (χ1v) is 11.1. The van der Waals surface area contributed by atoms with E-state index in [1.54, 1.807) is 7.11 Å². The van der Waals surface area contributed by atoms with Crippen LogP contribution in [-0.2, 0) is 9.47 Å². The van der Waals surface area contributed by atoms with Gasteiger partial charge in [0.1, 0.15) is 0 Å². The van der Waals surface area contributed by atoms with E-state index in [1.165, 1.54) is 5.56 Å². The number of ether oxygens (including phenoxy) is 2. The minimum Gasteiger partial charge on any atom is -0.385 e. The zero-order chi connectivity index (χ0) is 20.9. The molecule has 29 heavy (non-hydrogen) atoms. The van der Waals surface area contributed by atoms with Gasteiger partial charge < -0.3 is 19.7 Å². The molecule has 0 spiro atoms. The summed E-state index contributed by atoms with van der Waals surface area (Å²) in [7, 11) is 3.62. The highest BCUT2D eigenvalue weighted by Gasteiger charge is 2.23. The van der Waals surface area contributed by atoms with Gasteiger partial charge in [-0.2, -0.15) is 0 Å². The van der Waals surface area contributed by atoms with Crippen molar-refractivity contribution in [2.24, 2.45) is 4.99 Å². The van der Waals surface area contributed by atoms with Crippen molar-refractivity contribution < 1.29 is 9.47 Å². The highest BCUT2D eigenvalue weighted by Crippen LogP contribution is 2.20. The third-order valence-electron chi connectivity index (χ3n) is 5.69. The summed E-state index contributed by atoms with van der Waals surface area (Å²) in [6, 6.07) is 11.1. The Morgan fingerprint density at radius 3 is 2.45 bits per heavy atom. The lowest BCUT2D eigenvalue weighted by molar-refractivity contribution is 0.00985. The number of likely N-dealkylation sites (N-methyl/N-ethyl adjacent to an activating group) is 1. The maximum atomic E-state index is 5.99. The number of benzene rings is 1. The topological polar surface area (TPSA) is 49.3 Å². The Bertz CT molecular complexity index is 570. The van der Waals surface area contributed by atoms with Crippen LogP contribution >= 0.6 is 0 Å². The second kappa shape index (κ2) is 13.6. The summed E-state index contributed by atoms with van der Waals surface area (Å²) >= 11 is 0. The summed E-state index contributed by atoms with van der Waals surface area (Å²) in [6.07, 6.45) is 3.41. The van der Waals surface area contributed by atoms with Gasteiger partial charge >= 0.3 is 0 Å². The van der Waals surface area contributed by atoms with Gasteiger partial charge in [0, 0.05) is 47.0 Å². The van der Waals surface area contributed by atoms with Crippen molar-refractivity contribution in [2.45, 2.75) is 45.3 Å². The van der Waals surface area contributed by atoms with Gasteiger partial charge in [0.2, 0.25) is 0 Å². The van der Waals surface area contributed by atoms with E-state index in [1.807, 2.05) is 7.05 Å². The van der Waals surface area contributed by atoms with Crippen LogP contribution in [0.1, 0.15) is 44.7 Å². The molecule has 1 aliphatic rings. The van der Waals surface area contributed by atoms with E-state index >= 15 is 0 Å². The second-order valence-electron chi connectivity index (χ2n) is 7.48. The Morgan fingerprint density at radius 2 is 1.86 bits per heavy atom. The number of nitrogens with one attached hydrogen (secondary N) is 1. The molecule has 164 valence electrons. The fourth-order valence-electron chi connectivity index (χ4n) is 4.01. The van der Waals surface area contributed by atoms with Crippen LogP contribution in [0.2, 0.25) is 0 Å². The van der Waals surface area contributed by atoms with Crippen molar-refractivity contribution in [3.63, 3.8) is 0 Å². The summed E-state index contributed by atoms with van der Waals surface area (Å²) in [4.78, 5) is 9.41. The number of aliphatic imine (C=N–C) groups is 1. The van der Waals surface area contributed by atoms with Crippen molar-refractivity contribution in [1.82, 2.24) is 15.1 Å². The lowest BCUT2D eigenvalue weighted by Gasteiger charge is -2.36. The van der Waals surface area contributed by atoms with Gasteiger partial charge in [-0.3, -0.25) is 9.89 Å². The van der Waals surface area contributed by atoms with E-state index in [0.29, 0.717) is 12.1 Å². The SMILES string of the molecule is CCN(CC)C(CNC(=NC)N1CCC(OCCCOC)CC1)c1ccccc1. The molecule has 1 aliphatic heterocycles. The molecule has 6 nitrogen and oxygen atoms in total. The molecule has 1 saturated heterocycles. The maximum absolute atomic E-state index is 5.99. The van der Waals surface area contributed by atoms with Gasteiger partial charge in [-0.05, 0) is 37.9 Å². The Labute approximate surface area is 177 Å². The van der Waals surface area contributed by atoms with E-state index in [-0.39, 0.29) is 0 Å². The first-order valence-electron chi connectivity index (χ1n) is 11.1. The standard InChI is InChI=1S/C23H40N4O2/c1-5-26(6-2)22(20-11-8-7-9-12-20)19-25-23(24-3)27-15-13-21(14-16-27)29-18-10-17-28-4/h7-9,11-12,21-22H,5-6,10,13-19H2,1-4H3,(H,24,25). The number of hydrogen-bond acceptors (Lipinski definition) is 4. The number of likely N-dealkylation sites (tertiary alicyclic amines) is 1. The summed E-state index contributed by atoms with van der Waals surface area (Å²) in [5.74, 6) is 0.996. The highest BCUT2D eigenvalue weighted by molar-refractivity contribution is 5.80. The number of hydrogen-bond donors (Lipinski definition) is 1. The first kappa shape index (κ1) is 23.6. The molecule has 6 heteroatoms. The number of rotatable bonds is 11. The predicted molar refractivity (Wildman–Crippen MR) is 121 cm³/mol. The second-order valence-corrected chi connectivity index (χ2v) is 7.48. The van der Waals surface area contributed by atoms with Gasteiger partial charge in [-0.25, -0.2) is 0 Å². The molecule has 1 fully saturated rings. The monoisotopic (exact) mass is 404 g/mol. The first-order chi connectivity index (χ1) is 14.2. The summed E-state index contributed by atoms with van der Waals surface area (Å²) < 4.78 is 11.1. The Kier molecular flexibility index (Phi) is 11.1. The van der Waals surface area contributed by atoms with Crippen LogP contribution in [0.15, 0.2) is 35.3 Å². The molecular weight excluding hydrogens is 364 g/mol. The zero-order valence-electron chi connectivity index (χ0n) is 18.8.